The van der Waals surface area contributed by atoms with Crippen molar-refractivity contribution < 1.29 is 59.4 Å². The Labute approximate surface area is 224 Å². The van der Waals surface area contributed by atoms with Gasteiger partial charge < -0.3 is 25.5 Å². The number of nitrogens with one attached hydrogen (secondary N) is 2. The number of carboxylic acid groups (broad SMARTS) is 1. The molecule has 1 fully saturated rings. The molecule has 12 nitrogen and oxygen atoms in total. The summed E-state index contributed by atoms with van der Waals surface area (Å²) in [6.07, 6.45) is -0.226. The van der Waals surface area contributed by atoms with Crippen molar-refractivity contribution in [2.24, 2.45) is 0 Å². The molecular weight excluding hydrogens is 523 g/mol. The summed E-state index contributed by atoms with van der Waals surface area (Å²) in [5.41, 5.74) is 0.513. The molecule has 0 aromatic carbocycles. The number of aliphatic hydroxyl groups is 1. The average Bonchev–Trinajstić information content (AvgIpc) is 3.36. The maximum Gasteiger partial charge on any atom is 1.00 e. The number of amides is 2. The minimum Gasteiger partial charge on any atom is -0.543 e. The molecule has 0 saturated carbocycles. The molecule has 0 aliphatic carbocycles. The number of hydrogen-bond donors (Lipinski definition) is 4. The van der Waals surface area contributed by atoms with Gasteiger partial charge in [-0.25, -0.2) is 0 Å². The topological polar surface area (TPSA) is 185 Å². The second kappa shape index (κ2) is 10.9. The number of carbonyl (C=O) groups excluding carboxylic acids is 3. The van der Waals surface area contributed by atoms with Gasteiger partial charge in [0, 0.05) is 16.9 Å². The summed E-state index contributed by atoms with van der Waals surface area (Å²) in [5.74, 6) is -1.97. The van der Waals surface area contributed by atoms with Gasteiger partial charge in [0.15, 0.2) is 4.34 Å². The van der Waals surface area contributed by atoms with Crippen molar-refractivity contribution in [2.45, 2.75) is 28.8 Å². The third kappa shape index (κ3) is 5.32. The van der Waals surface area contributed by atoms with Gasteiger partial charge in [-0.05, 0) is 5.57 Å². The molecule has 33 heavy (non-hydrogen) atoms. The molecule has 2 aliphatic rings. The molecule has 4 heterocycles. The number of carbonyl (C=O) groups is 3. The van der Waals surface area contributed by atoms with E-state index in [-0.39, 0.29) is 64.5 Å². The first kappa shape index (κ1) is 26.2. The Morgan fingerprint density at radius 3 is 2.76 bits per heavy atom. The average molecular weight is 539 g/mol. The molecule has 0 spiro atoms. The molecule has 2 atom stereocenters. The van der Waals surface area contributed by atoms with Crippen LogP contribution in [0.1, 0.15) is 10.7 Å². The van der Waals surface area contributed by atoms with Gasteiger partial charge in [0.1, 0.15) is 16.4 Å². The van der Waals surface area contributed by atoms with Crippen LogP contribution in [0, 0.1) is 5.41 Å². The summed E-state index contributed by atoms with van der Waals surface area (Å²) in [5, 5.41) is 49.6. The van der Waals surface area contributed by atoms with Gasteiger partial charge in [0.2, 0.25) is 10.7 Å². The molecule has 170 valence electrons. The number of thioether (sulfide) groups is 2. The van der Waals surface area contributed by atoms with Crippen LogP contribution in [0.3, 0.4) is 0 Å². The van der Waals surface area contributed by atoms with Gasteiger partial charge >= 0.3 is 29.6 Å². The van der Waals surface area contributed by atoms with Crippen molar-refractivity contribution in [1.29, 1.82) is 5.41 Å². The Morgan fingerprint density at radius 2 is 2.15 bits per heavy atom. The molecule has 0 radical (unpaired) electrons. The van der Waals surface area contributed by atoms with E-state index in [1.807, 2.05) is 0 Å². The number of nitrogens with zero attached hydrogens (tertiary/aromatic N) is 4. The number of hydrogen-bond acceptors (Lipinski definition) is 13. The number of thiazole rings is 1. The van der Waals surface area contributed by atoms with Crippen LogP contribution < -0.4 is 44.8 Å². The number of aromatic nitrogens is 3. The monoisotopic (exact) mass is 538 g/mol. The van der Waals surface area contributed by atoms with Crippen molar-refractivity contribution in [3.63, 3.8) is 0 Å². The Hall–Kier alpha value is -1.40. The fourth-order valence-corrected chi connectivity index (χ4v) is 7.04. The summed E-state index contributed by atoms with van der Waals surface area (Å²) in [6, 6.07) is -0.896. The SMILES string of the molecule is N=c1scc(CC(=O)NC2C(=O)N3C(C(=O)[O-])=C(CSc4nnc(CO)s4)CSC23)n1O.[Na+]. The number of rotatable bonds is 8. The smallest absolute Gasteiger partial charge is 0.543 e. The second-order valence-corrected chi connectivity index (χ2v) is 10.9. The van der Waals surface area contributed by atoms with E-state index >= 15 is 0 Å². The van der Waals surface area contributed by atoms with Crippen LogP contribution in [0.25, 0.3) is 0 Å². The minimum atomic E-state index is -1.47. The molecule has 4 rings (SSSR count). The van der Waals surface area contributed by atoms with E-state index in [1.54, 1.807) is 0 Å². The number of β-lactam (4-membered cyclic amide) rings is 1. The molecule has 4 N–H and O–H groups in total. The molecule has 1 saturated heterocycles. The molecule has 2 amide bonds. The van der Waals surface area contributed by atoms with Crippen LogP contribution in [0.15, 0.2) is 21.0 Å². The molecular formula is C16H15N6NaO6S4. The van der Waals surface area contributed by atoms with E-state index in [4.69, 9.17) is 10.5 Å². The first-order valence-electron chi connectivity index (χ1n) is 8.96. The molecule has 2 aromatic rings. The van der Waals surface area contributed by atoms with E-state index in [1.165, 1.54) is 40.2 Å². The van der Waals surface area contributed by atoms with E-state index in [0.717, 1.165) is 16.2 Å². The van der Waals surface area contributed by atoms with Crippen molar-refractivity contribution in [3.05, 3.63) is 32.2 Å². The molecule has 2 aliphatic heterocycles. The van der Waals surface area contributed by atoms with Crippen LogP contribution >= 0.6 is 46.2 Å². The second-order valence-electron chi connectivity index (χ2n) is 6.62. The maximum absolute atomic E-state index is 12.7. The predicted molar refractivity (Wildman–Crippen MR) is 113 cm³/mol. The minimum absolute atomic E-state index is 0. The van der Waals surface area contributed by atoms with Crippen LogP contribution in [-0.2, 0) is 27.4 Å². The van der Waals surface area contributed by atoms with Gasteiger partial charge in [-0.3, -0.25) is 19.9 Å². The van der Waals surface area contributed by atoms with Crippen molar-refractivity contribution in [3.8, 4) is 0 Å². The first-order chi connectivity index (χ1) is 15.3. The summed E-state index contributed by atoms with van der Waals surface area (Å²) >= 11 is 4.74. The van der Waals surface area contributed by atoms with Gasteiger partial charge in [-0.2, -0.15) is 4.73 Å². The maximum atomic E-state index is 12.7. The van der Waals surface area contributed by atoms with Gasteiger partial charge in [0.05, 0.1) is 30.4 Å². The quantitative estimate of drug-likeness (QED) is 0.110. The van der Waals surface area contributed by atoms with Crippen LogP contribution in [0.4, 0.5) is 0 Å². The Morgan fingerprint density at radius 1 is 1.39 bits per heavy atom. The Bertz CT molecular complexity index is 1180. The van der Waals surface area contributed by atoms with Gasteiger partial charge in [-0.1, -0.05) is 23.1 Å². The third-order valence-electron chi connectivity index (χ3n) is 4.62. The zero-order valence-corrected chi connectivity index (χ0v) is 22.3. The Kier molecular flexibility index (Phi) is 8.66. The summed E-state index contributed by atoms with van der Waals surface area (Å²) < 4.78 is 1.16. The fraction of sp³-hybridized carbons (Fsp3) is 0.375. The predicted octanol–water partition coefficient (Wildman–Crippen LogP) is -4.65. The molecule has 0 bridgehead atoms. The van der Waals surface area contributed by atoms with Crippen molar-refractivity contribution >= 4 is 64.0 Å². The Balaban J connectivity index is 0.00000306. The molecule has 17 heteroatoms. The normalized spacial score (nSPS) is 19.5. The number of carboxylic acids is 1. The molecule has 2 unspecified atom stereocenters. The summed E-state index contributed by atoms with van der Waals surface area (Å²) in [4.78, 5) is 37.8. The van der Waals surface area contributed by atoms with Crippen LogP contribution in [0.2, 0.25) is 0 Å². The van der Waals surface area contributed by atoms with Crippen molar-refractivity contribution in [2.75, 3.05) is 11.5 Å². The number of aliphatic hydroxyl groups excluding tert-OH is 1. The van der Waals surface area contributed by atoms with E-state index in [0.29, 0.717) is 25.4 Å². The zero-order chi connectivity index (χ0) is 23.0. The third-order valence-corrected chi connectivity index (χ3v) is 8.88. The van der Waals surface area contributed by atoms with Crippen molar-refractivity contribution in [1.82, 2.24) is 25.1 Å². The number of fused-ring (bicyclic) bond motifs is 1. The van der Waals surface area contributed by atoms with Gasteiger partial charge in [-0.15, -0.1) is 33.3 Å². The standard InChI is InChI=1S/C16H16N6O6S4.Na/c17-15-22(28)7(5-30-15)1-8(24)18-10-12(25)21-11(14(26)27)6(3-29-13(10)21)4-31-16-20-19-9(2-23)32-16;/h5,10,13,17,23,28H,1-4H2,(H,18,24)(H,26,27);/q;+1/p-1. The fourth-order valence-electron chi connectivity index (χ4n) is 3.15. The van der Waals surface area contributed by atoms with Crippen LogP contribution in [0.5, 0.6) is 0 Å². The van der Waals surface area contributed by atoms with E-state index in [9.17, 15) is 24.7 Å². The molecule has 2 aromatic heterocycles. The largest absolute Gasteiger partial charge is 1.00 e. The van der Waals surface area contributed by atoms with Crippen LogP contribution in [-0.4, -0.2) is 70.8 Å². The van der Waals surface area contributed by atoms with Gasteiger partial charge in [0.25, 0.3) is 5.91 Å². The van der Waals surface area contributed by atoms with E-state index < -0.39 is 29.2 Å². The van der Waals surface area contributed by atoms with E-state index in [2.05, 4.69) is 15.5 Å². The summed E-state index contributed by atoms with van der Waals surface area (Å²) in [6.45, 7) is -0.229. The summed E-state index contributed by atoms with van der Waals surface area (Å²) in [7, 11) is 0. The number of aliphatic carboxylic acids is 1. The first-order valence-corrected chi connectivity index (χ1v) is 12.7. The zero-order valence-electron chi connectivity index (χ0n) is 17.0.